The summed E-state index contributed by atoms with van der Waals surface area (Å²) >= 11 is 0. The molecule has 4 rings (SSSR count). The predicted molar refractivity (Wildman–Crippen MR) is 113 cm³/mol. The Morgan fingerprint density at radius 1 is 1.09 bits per heavy atom. The van der Waals surface area contributed by atoms with Crippen molar-refractivity contribution in [1.29, 1.82) is 0 Å². The number of amides is 1. The van der Waals surface area contributed by atoms with E-state index in [1.54, 1.807) is 6.07 Å². The van der Waals surface area contributed by atoms with Crippen LogP contribution in [-0.4, -0.2) is 49.7 Å². The smallest absolute Gasteiger partial charge is 0.355 e. The Morgan fingerprint density at radius 2 is 1.78 bits per heavy atom. The molecule has 0 N–H and O–H groups in total. The summed E-state index contributed by atoms with van der Waals surface area (Å²) in [6.07, 6.45) is -3.40. The quantitative estimate of drug-likeness (QED) is 0.597. The summed E-state index contributed by atoms with van der Waals surface area (Å²) in [5, 5.41) is 10.9. The van der Waals surface area contributed by atoms with Gasteiger partial charge in [0.2, 0.25) is 5.91 Å². The average molecular weight is 446 g/mol. The zero-order chi connectivity index (χ0) is 22.9. The minimum atomic E-state index is -4.64. The fourth-order valence-electron chi connectivity index (χ4n) is 4.01. The lowest BCUT2D eigenvalue weighted by Crippen LogP contribution is -2.45. The van der Waals surface area contributed by atoms with Crippen LogP contribution >= 0.6 is 0 Å². The number of carbonyl (C=O) groups is 1. The Labute approximate surface area is 183 Å². The molecule has 1 aliphatic heterocycles. The highest BCUT2D eigenvalue weighted by atomic mass is 19.4. The standard InChI is InChI=1S/C22H25F3N6O/c1-15(2)30(14-16-6-4-3-5-7-16)20(32)17-10-12-29(13-11-17)19-9-8-18-26-27-21(22(23,24)25)31(18)28-19/h3-9,15,17H,10-14H2,1-2H3. The first-order valence-corrected chi connectivity index (χ1v) is 10.6. The molecule has 170 valence electrons. The van der Waals surface area contributed by atoms with Crippen molar-refractivity contribution in [3.63, 3.8) is 0 Å². The Morgan fingerprint density at radius 3 is 2.41 bits per heavy atom. The van der Waals surface area contributed by atoms with E-state index in [1.807, 2.05) is 54.0 Å². The minimum Gasteiger partial charge on any atom is -0.355 e. The van der Waals surface area contributed by atoms with Crippen molar-refractivity contribution >= 4 is 17.4 Å². The monoisotopic (exact) mass is 446 g/mol. The molecule has 7 nitrogen and oxygen atoms in total. The summed E-state index contributed by atoms with van der Waals surface area (Å²) in [6.45, 7) is 5.65. The van der Waals surface area contributed by atoms with Crippen molar-refractivity contribution in [2.75, 3.05) is 18.0 Å². The Balaban J connectivity index is 1.44. The molecule has 0 aliphatic carbocycles. The third-order valence-electron chi connectivity index (χ3n) is 5.77. The van der Waals surface area contributed by atoms with Gasteiger partial charge in [-0.15, -0.1) is 15.3 Å². The van der Waals surface area contributed by atoms with Gasteiger partial charge in [0.25, 0.3) is 5.82 Å². The zero-order valence-electron chi connectivity index (χ0n) is 18.0. The first-order chi connectivity index (χ1) is 15.2. The first kappa shape index (κ1) is 22.0. The molecule has 0 spiro atoms. The molecule has 2 aromatic heterocycles. The van der Waals surface area contributed by atoms with Crippen molar-refractivity contribution in [1.82, 2.24) is 24.7 Å². The molecule has 1 amide bonds. The normalized spacial score (nSPS) is 15.5. The zero-order valence-corrected chi connectivity index (χ0v) is 18.0. The first-order valence-electron chi connectivity index (χ1n) is 10.6. The number of anilines is 1. The minimum absolute atomic E-state index is 0.0413. The molecule has 0 atom stereocenters. The Hall–Kier alpha value is -3.17. The van der Waals surface area contributed by atoms with E-state index >= 15 is 0 Å². The van der Waals surface area contributed by atoms with Gasteiger partial charge in [-0.05, 0) is 44.4 Å². The van der Waals surface area contributed by atoms with Gasteiger partial charge in [0.05, 0.1) is 0 Å². The second-order valence-electron chi connectivity index (χ2n) is 8.29. The number of hydrogen-bond donors (Lipinski definition) is 0. The van der Waals surface area contributed by atoms with Gasteiger partial charge in [-0.25, -0.2) is 0 Å². The van der Waals surface area contributed by atoms with Gasteiger partial charge in [0.1, 0.15) is 5.82 Å². The van der Waals surface area contributed by atoms with Crippen molar-refractivity contribution < 1.29 is 18.0 Å². The Kier molecular flexibility index (Phi) is 6.03. The lowest BCUT2D eigenvalue weighted by Gasteiger charge is -2.36. The van der Waals surface area contributed by atoms with Gasteiger partial charge in [-0.1, -0.05) is 30.3 Å². The highest BCUT2D eigenvalue weighted by Crippen LogP contribution is 2.29. The topological polar surface area (TPSA) is 66.6 Å². The van der Waals surface area contributed by atoms with E-state index in [4.69, 9.17) is 0 Å². The molecule has 1 aliphatic rings. The van der Waals surface area contributed by atoms with Crippen LogP contribution in [0.3, 0.4) is 0 Å². The van der Waals surface area contributed by atoms with Gasteiger partial charge in [-0.2, -0.15) is 17.7 Å². The third kappa shape index (κ3) is 4.53. The number of alkyl halides is 3. The maximum atomic E-state index is 13.2. The molecule has 10 heteroatoms. The number of piperidine rings is 1. The maximum Gasteiger partial charge on any atom is 0.453 e. The number of rotatable bonds is 5. The number of halogens is 3. The maximum absolute atomic E-state index is 13.2. The average Bonchev–Trinajstić information content (AvgIpc) is 3.21. The third-order valence-corrected chi connectivity index (χ3v) is 5.77. The fraction of sp³-hybridized carbons (Fsp3) is 0.455. The summed E-state index contributed by atoms with van der Waals surface area (Å²) in [5.74, 6) is -0.738. The van der Waals surface area contributed by atoms with E-state index in [0.717, 1.165) is 10.1 Å². The van der Waals surface area contributed by atoms with Gasteiger partial charge in [0, 0.05) is 31.6 Å². The number of aromatic nitrogens is 4. The van der Waals surface area contributed by atoms with Gasteiger partial charge >= 0.3 is 6.18 Å². The van der Waals surface area contributed by atoms with Gasteiger partial charge in [0.15, 0.2) is 5.65 Å². The molecular weight excluding hydrogens is 421 g/mol. The predicted octanol–water partition coefficient (Wildman–Crippen LogP) is 3.80. The second-order valence-corrected chi connectivity index (χ2v) is 8.29. The number of carbonyl (C=O) groups excluding carboxylic acids is 1. The number of hydrogen-bond acceptors (Lipinski definition) is 5. The molecule has 1 saturated heterocycles. The van der Waals surface area contributed by atoms with Crippen molar-refractivity contribution in [3.8, 4) is 0 Å². The number of fused-ring (bicyclic) bond motifs is 1. The second kappa shape index (κ2) is 8.76. The molecule has 3 heterocycles. The molecule has 0 saturated carbocycles. The summed E-state index contributed by atoms with van der Waals surface area (Å²) in [5.41, 5.74) is 1.12. The number of benzene rings is 1. The molecule has 0 bridgehead atoms. The fourth-order valence-corrected chi connectivity index (χ4v) is 4.01. The lowest BCUT2D eigenvalue weighted by atomic mass is 9.94. The number of nitrogens with zero attached hydrogens (tertiary/aromatic N) is 6. The largest absolute Gasteiger partial charge is 0.453 e. The molecule has 0 radical (unpaired) electrons. The summed E-state index contributed by atoms with van der Waals surface area (Å²) in [4.78, 5) is 17.0. The highest BCUT2D eigenvalue weighted by molar-refractivity contribution is 5.79. The van der Waals surface area contributed by atoms with Crippen LogP contribution in [0.4, 0.5) is 19.0 Å². The SMILES string of the molecule is CC(C)N(Cc1ccccc1)C(=O)C1CCN(c2ccc3nnc(C(F)(F)F)n3n2)CC1. The van der Waals surface area contributed by atoms with Crippen LogP contribution in [0.15, 0.2) is 42.5 Å². The van der Waals surface area contributed by atoms with E-state index in [2.05, 4.69) is 15.3 Å². The van der Waals surface area contributed by atoms with E-state index in [9.17, 15) is 18.0 Å². The summed E-state index contributed by atoms with van der Waals surface area (Å²) in [6, 6.07) is 13.1. The van der Waals surface area contributed by atoms with Crippen LogP contribution in [0.25, 0.3) is 5.65 Å². The molecule has 0 unspecified atom stereocenters. The van der Waals surface area contributed by atoms with Crippen LogP contribution in [0, 0.1) is 5.92 Å². The highest BCUT2D eigenvalue weighted by Gasteiger charge is 2.38. The van der Waals surface area contributed by atoms with Crippen molar-refractivity contribution in [2.24, 2.45) is 5.92 Å². The van der Waals surface area contributed by atoms with Gasteiger partial charge in [-0.3, -0.25) is 4.79 Å². The van der Waals surface area contributed by atoms with Crippen LogP contribution < -0.4 is 4.90 Å². The van der Waals surface area contributed by atoms with Crippen molar-refractivity contribution in [2.45, 2.75) is 45.5 Å². The van der Waals surface area contributed by atoms with Crippen LogP contribution in [0.1, 0.15) is 38.1 Å². The van der Waals surface area contributed by atoms with Crippen LogP contribution in [-0.2, 0) is 17.5 Å². The van der Waals surface area contributed by atoms with Crippen molar-refractivity contribution in [3.05, 3.63) is 53.9 Å². The van der Waals surface area contributed by atoms with Gasteiger partial charge < -0.3 is 9.80 Å². The van der Waals surface area contributed by atoms with E-state index in [1.165, 1.54) is 6.07 Å². The molecule has 1 fully saturated rings. The molecular formula is C22H25F3N6O. The molecule has 32 heavy (non-hydrogen) atoms. The van der Waals surface area contributed by atoms with E-state index in [0.29, 0.717) is 38.3 Å². The lowest BCUT2D eigenvalue weighted by molar-refractivity contribution is -0.146. The van der Waals surface area contributed by atoms with E-state index < -0.39 is 12.0 Å². The van der Waals surface area contributed by atoms with Crippen LogP contribution in [0.2, 0.25) is 0 Å². The molecule has 1 aromatic carbocycles. The van der Waals surface area contributed by atoms with Crippen LogP contribution in [0.5, 0.6) is 0 Å². The van der Waals surface area contributed by atoms with E-state index in [-0.39, 0.29) is 23.5 Å². The Bertz CT molecular complexity index is 1070. The summed E-state index contributed by atoms with van der Waals surface area (Å²) in [7, 11) is 0. The summed E-state index contributed by atoms with van der Waals surface area (Å²) < 4.78 is 40.2. The molecule has 3 aromatic rings.